The Hall–Kier alpha value is -2.35. The Kier molecular flexibility index (Phi) is 2.82. The average molecular weight is 326 g/mol. The second-order valence-corrected chi connectivity index (χ2v) is 8.02. The summed E-state index contributed by atoms with van der Waals surface area (Å²) in [7, 11) is 0. The van der Waals surface area contributed by atoms with Crippen LogP contribution in [0.5, 0.6) is 0 Å². The zero-order valence-corrected chi connectivity index (χ0v) is 14.2. The molecule has 2 bridgehead atoms. The van der Waals surface area contributed by atoms with Gasteiger partial charge >= 0.3 is 0 Å². The van der Waals surface area contributed by atoms with E-state index in [2.05, 4.69) is 77.8 Å². The van der Waals surface area contributed by atoms with Crippen LogP contribution in [0.4, 0.5) is 5.69 Å². The minimum atomic E-state index is 0.534. The lowest BCUT2D eigenvalue weighted by molar-refractivity contribution is 0.225. The van der Waals surface area contributed by atoms with Gasteiger partial charge in [0.05, 0.1) is 17.4 Å². The van der Waals surface area contributed by atoms with Crippen LogP contribution in [0.2, 0.25) is 0 Å². The first-order chi connectivity index (χ1) is 12.4. The molecule has 0 N–H and O–H groups in total. The maximum atomic E-state index is 5.21. The molecule has 6 atom stereocenters. The number of rotatable bonds is 2. The smallest absolute Gasteiger partial charge is 0.0737 e. The molecule has 0 aromatic heterocycles. The standard InChI is InChI=1S/C23H22N2/c1-3-8-15(9-4-1)22-21-19-14-20(18-13-7-12-17(18)19)23(21)25(24-22)16-10-5-2-6-11-16/h1-11,13,17-21,23H,12,14H2. The van der Waals surface area contributed by atoms with E-state index in [4.69, 9.17) is 5.10 Å². The molecule has 1 aliphatic heterocycles. The van der Waals surface area contributed by atoms with E-state index in [1.54, 1.807) is 0 Å². The lowest BCUT2D eigenvalue weighted by Gasteiger charge is -2.37. The molecular formula is C23H22N2. The Morgan fingerprint density at radius 1 is 0.840 bits per heavy atom. The topological polar surface area (TPSA) is 15.6 Å². The normalized spacial score (nSPS) is 37.3. The van der Waals surface area contributed by atoms with Crippen molar-refractivity contribution in [1.82, 2.24) is 0 Å². The van der Waals surface area contributed by atoms with Gasteiger partial charge in [-0.3, -0.25) is 5.01 Å². The van der Waals surface area contributed by atoms with Gasteiger partial charge in [0.15, 0.2) is 0 Å². The van der Waals surface area contributed by atoms with Crippen LogP contribution in [-0.2, 0) is 0 Å². The maximum absolute atomic E-state index is 5.21. The highest BCUT2D eigenvalue weighted by molar-refractivity contribution is 6.05. The molecule has 6 unspecified atom stereocenters. The van der Waals surface area contributed by atoms with E-state index in [0.29, 0.717) is 12.0 Å². The van der Waals surface area contributed by atoms with Crippen molar-refractivity contribution < 1.29 is 0 Å². The summed E-state index contributed by atoms with van der Waals surface area (Å²) in [6, 6.07) is 22.2. The molecule has 0 radical (unpaired) electrons. The van der Waals surface area contributed by atoms with E-state index in [1.165, 1.54) is 29.8 Å². The minimum absolute atomic E-state index is 0.534. The van der Waals surface area contributed by atoms with E-state index >= 15 is 0 Å². The average Bonchev–Trinajstić information content (AvgIpc) is 3.41. The highest BCUT2D eigenvalue weighted by Crippen LogP contribution is 2.62. The van der Waals surface area contributed by atoms with Crippen LogP contribution in [0, 0.1) is 29.6 Å². The number of fused-ring (bicyclic) bond motifs is 8. The highest BCUT2D eigenvalue weighted by Gasteiger charge is 2.63. The van der Waals surface area contributed by atoms with Crippen LogP contribution in [0.1, 0.15) is 18.4 Å². The number of nitrogens with zero attached hydrogens (tertiary/aromatic N) is 2. The number of hydrogen-bond acceptors (Lipinski definition) is 2. The van der Waals surface area contributed by atoms with Gasteiger partial charge in [-0.25, -0.2) is 0 Å². The zero-order valence-electron chi connectivity index (χ0n) is 14.2. The number of hydrazone groups is 1. The van der Waals surface area contributed by atoms with Gasteiger partial charge < -0.3 is 0 Å². The molecule has 0 saturated heterocycles. The van der Waals surface area contributed by atoms with Gasteiger partial charge in [0.25, 0.3) is 0 Å². The highest BCUT2D eigenvalue weighted by atomic mass is 15.5. The first-order valence-electron chi connectivity index (χ1n) is 9.57. The zero-order chi connectivity index (χ0) is 16.4. The van der Waals surface area contributed by atoms with Crippen molar-refractivity contribution >= 4 is 11.4 Å². The molecule has 6 rings (SSSR count). The van der Waals surface area contributed by atoms with Crippen molar-refractivity contribution in [3.8, 4) is 0 Å². The van der Waals surface area contributed by atoms with E-state index < -0.39 is 0 Å². The Morgan fingerprint density at radius 3 is 2.40 bits per heavy atom. The molecule has 3 aliphatic carbocycles. The van der Waals surface area contributed by atoms with Gasteiger partial charge in [-0.05, 0) is 54.2 Å². The molecule has 2 fully saturated rings. The molecule has 2 aromatic carbocycles. The van der Waals surface area contributed by atoms with Crippen LogP contribution in [-0.4, -0.2) is 11.8 Å². The lowest BCUT2D eigenvalue weighted by atomic mass is 9.70. The first kappa shape index (κ1) is 13.9. The van der Waals surface area contributed by atoms with Crippen molar-refractivity contribution in [2.75, 3.05) is 5.01 Å². The fourth-order valence-electron chi connectivity index (χ4n) is 6.18. The van der Waals surface area contributed by atoms with Gasteiger partial charge in [-0.1, -0.05) is 60.7 Å². The second-order valence-electron chi connectivity index (χ2n) is 8.02. The molecule has 2 saturated carbocycles. The summed E-state index contributed by atoms with van der Waals surface area (Å²) in [5, 5.41) is 7.57. The summed E-state index contributed by atoms with van der Waals surface area (Å²) in [4.78, 5) is 0. The third kappa shape index (κ3) is 1.83. The van der Waals surface area contributed by atoms with Gasteiger partial charge in [-0.15, -0.1) is 0 Å². The molecule has 2 nitrogen and oxygen atoms in total. The molecule has 4 aliphatic rings. The quantitative estimate of drug-likeness (QED) is 0.728. The largest absolute Gasteiger partial charge is 0.261 e. The molecule has 0 spiro atoms. The van der Waals surface area contributed by atoms with Gasteiger partial charge in [0, 0.05) is 5.92 Å². The molecule has 25 heavy (non-hydrogen) atoms. The van der Waals surface area contributed by atoms with Crippen molar-refractivity contribution in [2.24, 2.45) is 34.7 Å². The third-order valence-corrected chi connectivity index (χ3v) is 7.02. The molecule has 2 heteroatoms. The number of allylic oxidation sites excluding steroid dienone is 2. The third-order valence-electron chi connectivity index (χ3n) is 7.02. The van der Waals surface area contributed by atoms with Gasteiger partial charge in [0.1, 0.15) is 0 Å². The summed E-state index contributed by atoms with van der Waals surface area (Å²) < 4.78 is 0. The van der Waals surface area contributed by atoms with Crippen LogP contribution in [0.25, 0.3) is 0 Å². The van der Waals surface area contributed by atoms with E-state index in [0.717, 1.165) is 23.7 Å². The van der Waals surface area contributed by atoms with Crippen molar-refractivity contribution in [1.29, 1.82) is 0 Å². The monoisotopic (exact) mass is 326 g/mol. The summed E-state index contributed by atoms with van der Waals surface area (Å²) in [6.45, 7) is 0. The van der Waals surface area contributed by atoms with Crippen LogP contribution >= 0.6 is 0 Å². The fraction of sp³-hybridized carbons (Fsp3) is 0.348. The van der Waals surface area contributed by atoms with Crippen molar-refractivity contribution in [3.05, 3.63) is 78.4 Å². The SMILES string of the molecule is C1=CC2C(C1)C1CC2C2C1C(c1ccccc1)=NN2c1ccccc1. The molecular weight excluding hydrogens is 304 g/mol. The van der Waals surface area contributed by atoms with Crippen LogP contribution in [0.3, 0.4) is 0 Å². The Morgan fingerprint density at radius 2 is 1.60 bits per heavy atom. The van der Waals surface area contributed by atoms with E-state index in [1.807, 2.05) is 0 Å². The van der Waals surface area contributed by atoms with Gasteiger partial charge in [-0.2, -0.15) is 5.10 Å². The predicted molar refractivity (Wildman–Crippen MR) is 102 cm³/mol. The van der Waals surface area contributed by atoms with Crippen LogP contribution < -0.4 is 5.01 Å². The Balaban J connectivity index is 1.48. The summed E-state index contributed by atoms with van der Waals surface area (Å²) >= 11 is 0. The summed E-state index contributed by atoms with van der Waals surface area (Å²) in [5.41, 5.74) is 3.88. The fourth-order valence-corrected chi connectivity index (χ4v) is 6.18. The van der Waals surface area contributed by atoms with Gasteiger partial charge in [0.2, 0.25) is 0 Å². The number of anilines is 1. The van der Waals surface area contributed by atoms with Crippen molar-refractivity contribution in [2.45, 2.75) is 18.9 Å². The maximum Gasteiger partial charge on any atom is 0.0737 e. The van der Waals surface area contributed by atoms with Crippen LogP contribution in [0.15, 0.2) is 77.9 Å². The van der Waals surface area contributed by atoms with Crippen molar-refractivity contribution in [3.63, 3.8) is 0 Å². The lowest BCUT2D eigenvalue weighted by Crippen LogP contribution is -2.44. The second kappa shape index (κ2) is 5.08. The minimum Gasteiger partial charge on any atom is -0.261 e. The molecule has 0 amide bonds. The Labute approximate surface area is 148 Å². The van der Waals surface area contributed by atoms with E-state index in [9.17, 15) is 0 Å². The summed E-state index contributed by atoms with van der Waals surface area (Å²) in [6.07, 6.45) is 7.60. The summed E-state index contributed by atoms with van der Waals surface area (Å²) in [5.74, 6) is 3.78. The number of benzene rings is 2. The first-order valence-corrected chi connectivity index (χ1v) is 9.57. The number of hydrogen-bond donors (Lipinski definition) is 0. The molecule has 2 aromatic rings. The Bertz CT molecular complexity index is 854. The predicted octanol–water partition coefficient (Wildman–Crippen LogP) is 4.74. The number of para-hydroxylation sites is 1. The molecule has 124 valence electrons. The molecule has 1 heterocycles. The van der Waals surface area contributed by atoms with E-state index in [-0.39, 0.29) is 0 Å².